The second-order valence-electron chi connectivity index (χ2n) is 3.58. The van der Waals surface area contributed by atoms with Crippen LogP contribution in [0.1, 0.15) is 24.5 Å². The summed E-state index contributed by atoms with van der Waals surface area (Å²) in [6.07, 6.45) is 0.485. The Hall–Kier alpha value is -0.820. The molecule has 0 aliphatic carbocycles. The molecule has 5 heteroatoms. The van der Waals surface area contributed by atoms with Crippen molar-refractivity contribution in [2.45, 2.75) is 18.9 Å². The molecule has 0 bridgehead atoms. The zero-order valence-corrected chi connectivity index (χ0v) is 11.8. The van der Waals surface area contributed by atoms with Gasteiger partial charge in [0, 0.05) is 22.9 Å². The monoisotopic (exact) mass is 349 g/mol. The number of amides is 1. The van der Waals surface area contributed by atoms with Gasteiger partial charge < -0.3 is 15.2 Å². The summed E-state index contributed by atoms with van der Waals surface area (Å²) in [6.45, 7) is 0.641. The van der Waals surface area contributed by atoms with Gasteiger partial charge >= 0.3 is 6.09 Å². The van der Waals surface area contributed by atoms with Gasteiger partial charge in [-0.15, -0.1) is 0 Å². The normalized spacial score (nSPS) is 12.1. The summed E-state index contributed by atoms with van der Waals surface area (Å²) in [5, 5.41) is 0. The fourth-order valence-electron chi connectivity index (χ4n) is 1.57. The van der Waals surface area contributed by atoms with Crippen LogP contribution in [0.4, 0.5) is 4.79 Å². The van der Waals surface area contributed by atoms with Crippen molar-refractivity contribution < 1.29 is 14.3 Å². The predicted octanol–water partition coefficient (Wildman–Crippen LogP) is 2.85. The zero-order valence-electron chi connectivity index (χ0n) is 9.69. The van der Waals surface area contributed by atoms with Crippen molar-refractivity contribution in [2.24, 2.45) is 5.73 Å². The Labute approximate surface area is 115 Å². The fraction of sp³-hybridized carbons (Fsp3) is 0.417. The molecule has 0 aliphatic heterocycles. The molecular weight excluding hydrogens is 333 g/mol. The van der Waals surface area contributed by atoms with Crippen molar-refractivity contribution in [2.75, 3.05) is 13.7 Å². The van der Waals surface area contributed by atoms with E-state index < -0.39 is 6.09 Å². The number of nitrogens with two attached hydrogens (primary N) is 1. The van der Waals surface area contributed by atoms with Gasteiger partial charge in [0.1, 0.15) is 6.10 Å². The van der Waals surface area contributed by atoms with Crippen LogP contribution in [0.5, 0.6) is 0 Å². The highest BCUT2D eigenvalue weighted by molar-refractivity contribution is 14.1. The third-order valence-electron chi connectivity index (χ3n) is 2.33. The second kappa shape index (κ2) is 7.50. The summed E-state index contributed by atoms with van der Waals surface area (Å²) in [4.78, 5) is 10.9. The van der Waals surface area contributed by atoms with Crippen LogP contribution in [0.2, 0.25) is 0 Å². The average molecular weight is 349 g/mol. The third kappa shape index (κ3) is 4.91. The van der Waals surface area contributed by atoms with Crippen LogP contribution in [-0.4, -0.2) is 19.8 Å². The number of hydrogen-bond donors (Lipinski definition) is 1. The van der Waals surface area contributed by atoms with Crippen molar-refractivity contribution in [3.05, 3.63) is 33.4 Å². The number of halogens is 1. The maximum atomic E-state index is 10.9. The molecule has 2 N–H and O–H groups in total. The van der Waals surface area contributed by atoms with E-state index in [1.807, 2.05) is 24.3 Å². The Bertz CT molecular complexity index is 371. The summed E-state index contributed by atoms with van der Waals surface area (Å²) < 4.78 is 11.2. The summed E-state index contributed by atoms with van der Waals surface area (Å²) in [5.41, 5.74) is 6.08. The molecule has 0 aromatic heterocycles. The van der Waals surface area contributed by atoms with Crippen molar-refractivity contribution >= 4 is 28.7 Å². The molecule has 94 valence electrons. The molecule has 1 aromatic carbocycles. The van der Waals surface area contributed by atoms with E-state index in [-0.39, 0.29) is 6.10 Å². The molecule has 0 saturated heterocycles. The number of primary amides is 1. The molecule has 4 nitrogen and oxygen atoms in total. The first-order valence-corrected chi connectivity index (χ1v) is 6.42. The van der Waals surface area contributed by atoms with Gasteiger partial charge in [-0.2, -0.15) is 0 Å². The minimum atomic E-state index is -0.743. The summed E-state index contributed by atoms with van der Waals surface area (Å²) >= 11 is 2.22. The zero-order chi connectivity index (χ0) is 12.7. The maximum Gasteiger partial charge on any atom is 0.405 e. The Morgan fingerprint density at radius 3 is 2.76 bits per heavy atom. The molecule has 1 rings (SSSR count). The maximum absolute atomic E-state index is 10.9. The Kier molecular flexibility index (Phi) is 6.28. The van der Waals surface area contributed by atoms with E-state index in [0.29, 0.717) is 13.0 Å². The quantitative estimate of drug-likeness (QED) is 0.635. The summed E-state index contributed by atoms with van der Waals surface area (Å²) in [5.74, 6) is 0. The van der Waals surface area contributed by atoms with Crippen LogP contribution in [0.25, 0.3) is 0 Å². The van der Waals surface area contributed by atoms with Crippen LogP contribution in [-0.2, 0) is 9.47 Å². The van der Waals surface area contributed by atoms with Gasteiger partial charge in [0.15, 0.2) is 0 Å². The number of carbonyl (C=O) groups is 1. The van der Waals surface area contributed by atoms with Crippen molar-refractivity contribution in [1.29, 1.82) is 0 Å². The molecule has 0 unspecified atom stereocenters. The molecule has 0 radical (unpaired) electrons. The van der Waals surface area contributed by atoms with Gasteiger partial charge in [-0.3, -0.25) is 0 Å². The van der Waals surface area contributed by atoms with E-state index >= 15 is 0 Å². The first kappa shape index (κ1) is 14.2. The van der Waals surface area contributed by atoms with E-state index in [4.69, 9.17) is 15.2 Å². The van der Waals surface area contributed by atoms with Crippen LogP contribution in [0.15, 0.2) is 24.3 Å². The topological polar surface area (TPSA) is 61.6 Å². The molecule has 17 heavy (non-hydrogen) atoms. The highest BCUT2D eigenvalue weighted by Gasteiger charge is 2.17. The molecule has 0 fully saturated rings. The van der Waals surface area contributed by atoms with Gasteiger partial charge in [-0.1, -0.05) is 18.2 Å². The Morgan fingerprint density at radius 1 is 1.47 bits per heavy atom. The minimum absolute atomic E-state index is 0.296. The Balaban J connectivity index is 2.75. The molecule has 0 heterocycles. The van der Waals surface area contributed by atoms with E-state index in [0.717, 1.165) is 15.6 Å². The molecular formula is C12H16INO3. The van der Waals surface area contributed by atoms with Crippen LogP contribution in [0, 0.1) is 3.57 Å². The molecule has 0 saturated carbocycles. The highest BCUT2D eigenvalue weighted by Crippen LogP contribution is 2.26. The number of hydrogen-bond acceptors (Lipinski definition) is 3. The second-order valence-corrected chi connectivity index (χ2v) is 4.74. The number of ether oxygens (including phenoxy) is 2. The minimum Gasteiger partial charge on any atom is -0.441 e. The lowest BCUT2D eigenvalue weighted by Crippen LogP contribution is -2.18. The number of rotatable bonds is 6. The lowest BCUT2D eigenvalue weighted by atomic mass is 10.1. The average Bonchev–Trinajstić information content (AvgIpc) is 2.28. The van der Waals surface area contributed by atoms with Gasteiger partial charge in [-0.25, -0.2) is 4.79 Å². The third-order valence-corrected chi connectivity index (χ3v) is 3.31. The van der Waals surface area contributed by atoms with E-state index in [2.05, 4.69) is 22.6 Å². The van der Waals surface area contributed by atoms with E-state index in [1.165, 1.54) is 0 Å². The van der Waals surface area contributed by atoms with Gasteiger partial charge in [0.25, 0.3) is 0 Å². The number of methoxy groups -OCH3 is 1. The van der Waals surface area contributed by atoms with Crippen LogP contribution in [0.3, 0.4) is 0 Å². The number of carbonyl (C=O) groups excluding carboxylic acids is 1. The molecule has 0 aliphatic rings. The van der Waals surface area contributed by atoms with E-state index in [1.54, 1.807) is 7.11 Å². The summed E-state index contributed by atoms with van der Waals surface area (Å²) in [7, 11) is 1.65. The van der Waals surface area contributed by atoms with Crippen molar-refractivity contribution in [3.63, 3.8) is 0 Å². The molecule has 0 spiro atoms. The predicted molar refractivity (Wildman–Crippen MR) is 73.7 cm³/mol. The highest BCUT2D eigenvalue weighted by atomic mass is 127. The smallest absolute Gasteiger partial charge is 0.405 e. The Morgan fingerprint density at radius 2 is 2.18 bits per heavy atom. The fourth-order valence-corrected chi connectivity index (χ4v) is 2.30. The summed E-state index contributed by atoms with van der Waals surface area (Å²) in [6, 6.07) is 7.79. The van der Waals surface area contributed by atoms with E-state index in [9.17, 15) is 4.79 Å². The van der Waals surface area contributed by atoms with Crippen LogP contribution >= 0.6 is 22.6 Å². The first-order valence-electron chi connectivity index (χ1n) is 5.34. The van der Waals surface area contributed by atoms with Gasteiger partial charge in [0.05, 0.1) is 0 Å². The molecule has 1 atom stereocenters. The van der Waals surface area contributed by atoms with Gasteiger partial charge in [0.2, 0.25) is 0 Å². The SMILES string of the molecule is COCCC[C@@H](OC(N)=O)c1ccccc1I. The van der Waals surface area contributed by atoms with Crippen molar-refractivity contribution in [1.82, 2.24) is 0 Å². The molecule has 1 amide bonds. The number of benzene rings is 1. The van der Waals surface area contributed by atoms with Crippen molar-refractivity contribution in [3.8, 4) is 0 Å². The standard InChI is InChI=1S/C12H16INO3/c1-16-8-4-7-11(17-12(14)15)9-5-2-3-6-10(9)13/h2-3,5-6,11H,4,7-8H2,1H3,(H2,14,15)/t11-/m1/s1. The lowest BCUT2D eigenvalue weighted by Gasteiger charge is -2.18. The van der Waals surface area contributed by atoms with Crippen LogP contribution < -0.4 is 5.73 Å². The largest absolute Gasteiger partial charge is 0.441 e. The van der Waals surface area contributed by atoms with Gasteiger partial charge in [-0.05, 0) is 41.5 Å². The molecule has 1 aromatic rings. The lowest BCUT2D eigenvalue weighted by molar-refractivity contribution is 0.0913. The first-order chi connectivity index (χ1) is 8.15.